The van der Waals surface area contributed by atoms with E-state index in [9.17, 15) is 5.11 Å². The van der Waals surface area contributed by atoms with Crippen molar-refractivity contribution < 1.29 is 14.6 Å². The van der Waals surface area contributed by atoms with Crippen molar-refractivity contribution in [2.75, 3.05) is 0 Å². The van der Waals surface area contributed by atoms with Gasteiger partial charge >= 0.3 is 0 Å². The van der Waals surface area contributed by atoms with Crippen LogP contribution in [0.1, 0.15) is 6.92 Å². The molecule has 100 valence electrons. The standard InChI is InChI=1S/C17H14O3/c1-10-17(18)20-16-14-9-5-3-7-12(14)11-6-2-4-8-13(11)15(16)19-10/h2-10,17-18H,1H3. The molecule has 2 unspecified atom stereocenters. The summed E-state index contributed by atoms with van der Waals surface area (Å²) in [7, 11) is 0. The lowest BCUT2D eigenvalue weighted by atomic mass is 9.99. The van der Waals surface area contributed by atoms with Gasteiger partial charge in [-0.05, 0) is 17.7 Å². The summed E-state index contributed by atoms with van der Waals surface area (Å²) in [5.74, 6) is 1.35. The SMILES string of the molecule is CC1Oc2c(c3ccccc3c3ccccc23)OC1O. The van der Waals surface area contributed by atoms with E-state index in [2.05, 4.69) is 12.1 Å². The van der Waals surface area contributed by atoms with Gasteiger partial charge in [-0.25, -0.2) is 0 Å². The smallest absolute Gasteiger partial charge is 0.234 e. The van der Waals surface area contributed by atoms with Crippen molar-refractivity contribution in [1.82, 2.24) is 0 Å². The fourth-order valence-electron chi connectivity index (χ4n) is 2.77. The molecule has 3 aromatic rings. The molecule has 4 rings (SSSR count). The average Bonchev–Trinajstić information content (AvgIpc) is 2.49. The molecule has 0 radical (unpaired) electrons. The fraction of sp³-hybridized carbons (Fsp3) is 0.176. The molecule has 1 aliphatic heterocycles. The van der Waals surface area contributed by atoms with E-state index in [-0.39, 0.29) is 6.10 Å². The van der Waals surface area contributed by atoms with Crippen LogP contribution in [-0.2, 0) is 0 Å². The van der Waals surface area contributed by atoms with Gasteiger partial charge in [0.15, 0.2) is 17.6 Å². The van der Waals surface area contributed by atoms with Crippen LogP contribution in [0.3, 0.4) is 0 Å². The van der Waals surface area contributed by atoms with Crippen LogP contribution in [0.4, 0.5) is 0 Å². The molecule has 20 heavy (non-hydrogen) atoms. The number of ether oxygens (including phenoxy) is 2. The molecule has 0 spiro atoms. The molecule has 3 aromatic carbocycles. The van der Waals surface area contributed by atoms with Gasteiger partial charge in [0.2, 0.25) is 6.29 Å². The zero-order chi connectivity index (χ0) is 13.7. The van der Waals surface area contributed by atoms with Gasteiger partial charge in [-0.15, -0.1) is 0 Å². The van der Waals surface area contributed by atoms with Crippen LogP contribution in [0.25, 0.3) is 21.5 Å². The van der Waals surface area contributed by atoms with Gasteiger partial charge in [0.05, 0.1) is 0 Å². The van der Waals surface area contributed by atoms with Crippen LogP contribution in [0, 0.1) is 0 Å². The highest BCUT2D eigenvalue weighted by Gasteiger charge is 2.29. The molecule has 0 aliphatic carbocycles. The lowest BCUT2D eigenvalue weighted by molar-refractivity contribution is -0.104. The third kappa shape index (κ3) is 1.50. The third-order valence-electron chi connectivity index (χ3n) is 3.78. The van der Waals surface area contributed by atoms with Gasteiger partial charge in [-0.3, -0.25) is 0 Å². The van der Waals surface area contributed by atoms with Crippen LogP contribution < -0.4 is 9.47 Å². The molecular formula is C17H14O3. The summed E-state index contributed by atoms with van der Waals surface area (Å²) >= 11 is 0. The van der Waals surface area contributed by atoms with E-state index >= 15 is 0 Å². The second-order valence-electron chi connectivity index (χ2n) is 5.08. The molecule has 3 heteroatoms. The van der Waals surface area contributed by atoms with Crippen molar-refractivity contribution in [1.29, 1.82) is 0 Å². The lowest BCUT2D eigenvalue weighted by Crippen LogP contribution is -2.37. The second kappa shape index (κ2) is 4.12. The highest BCUT2D eigenvalue weighted by Crippen LogP contribution is 2.46. The summed E-state index contributed by atoms with van der Waals surface area (Å²) in [6.07, 6.45) is -1.32. The zero-order valence-corrected chi connectivity index (χ0v) is 11.0. The first-order valence-corrected chi connectivity index (χ1v) is 6.70. The molecule has 0 amide bonds. The average molecular weight is 266 g/mol. The van der Waals surface area contributed by atoms with Crippen molar-refractivity contribution in [3.63, 3.8) is 0 Å². The van der Waals surface area contributed by atoms with Crippen LogP contribution >= 0.6 is 0 Å². The predicted octanol–water partition coefficient (Wildman–Crippen LogP) is 3.47. The van der Waals surface area contributed by atoms with Crippen LogP contribution in [0.5, 0.6) is 11.5 Å². The number of hydrogen-bond acceptors (Lipinski definition) is 3. The van der Waals surface area contributed by atoms with Crippen molar-refractivity contribution in [3.8, 4) is 11.5 Å². The van der Waals surface area contributed by atoms with Crippen molar-refractivity contribution in [3.05, 3.63) is 48.5 Å². The Hall–Kier alpha value is -2.26. The maximum atomic E-state index is 9.91. The molecule has 2 atom stereocenters. The molecule has 1 aliphatic rings. The predicted molar refractivity (Wildman–Crippen MR) is 78.2 cm³/mol. The van der Waals surface area contributed by atoms with E-state index in [4.69, 9.17) is 9.47 Å². The maximum absolute atomic E-state index is 9.91. The topological polar surface area (TPSA) is 38.7 Å². The Balaban J connectivity index is 2.18. The van der Waals surface area contributed by atoms with Crippen molar-refractivity contribution in [2.45, 2.75) is 19.3 Å². The molecule has 0 fully saturated rings. The van der Waals surface area contributed by atoms with Gasteiger partial charge in [0.25, 0.3) is 0 Å². The first-order chi connectivity index (χ1) is 9.75. The molecule has 1 N–H and O–H groups in total. The van der Waals surface area contributed by atoms with Crippen molar-refractivity contribution >= 4 is 21.5 Å². The number of hydrogen-bond donors (Lipinski definition) is 1. The summed E-state index contributed by atoms with van der Waals surface area (Å²) < 4.78 is 11.6. The van der Waals surface area contributed by atoms with Gasteiger partial charge < -0.3 is 14.6 Å². The highest BCUT2D eigenvalue weighted by atomic mass is 16.7. The molecule has 0 saturated carbocycles. The minimum absolute atomic E-state index is 0.382. The number of aliphatic hydroxyl groups is 1. The summed E-state index contributed by atoms with van der Waals surface area (Å²) in [6.45, 7) is 1.80. The monoisotopic (exact) mass is 266 g/mol. The normalized spacial score (nSPS) is 21.3. The van der Waals surface area contributed by atoms with Gasteiger partial charge in [0, 0.05) is 10.8 Å². The van der Waals surface area contributed by atoms with Crippen LogP contribution in [0.2, 0.25) is 0 Å². The Morgan fingerprint density at radius 3 is 1.75 bits per heavy atom. The van der Waals surface area contributed by atoms with Crippen LogP contribution in [-0.4, -0.2) is 17.5 Å². The maximum Gasteiger partial charge on any atom is 0.234 e. The minimum Gasteiger partial charge on any atom is -0.480 e. The zero-order valence-electron chi connectivity index (χ0n) is 11.0. The van der Waals surface area contributed by atoms with E-state index < -0.39 is 6.29 Å². The Bertz CT molecular complexity index is 741. The van der Waals surface area contributed by atoms with Gasteiger partial charge in [-0.2, -0.15) is 0 Å². The highest BCUT2D eigenvalue weighted by molar-refractivity contribution is 6.13. The van der Waals surface area contributed by atoms with Crippen LogP contribution in [0.15, 0.2) is 48.5 Å². The largest absolute Gasteiger partial charge is 0.480 e. The number of benzene rings is 3. The second-order valence-corrected chi connectivity index (χ2v) is 5.08. The van der Waals surface area contributed by atoms with Gasteiger partial charge in [-0.1, -0.05) is 48.5 Å². The molecule has 1 heterocycles. The van der Waals surface area contributed by atoms with E-state index in [1.54, 1.807) is 6.92 Å². The first-order valence-electron chi connectivity index (χ1n) is 6.70. The molecule has 3 nitrogen and oxygen atoms in total. The summed E-state index contributed by atoms with van der Waals surface area (Å²) in [5, 5.41) is 14.1. The minimum atomic E-state index is -0.938. The molecule has 0 bridgehead atoms. The summed E-state index contributed by atoms with van der Waals surface area (Å²) in [6, 6.07) is 16.1. The lowest BCUT2D eigenvalue weighted by Gasteiger charge is -2.30. The van der Waals surface area contributed by atoms with Gasteiger partial charge in [0.1, 0.15) is 0 Å². The quantitative estimate of drug-likeness (QED) is 0.633. The first kappa shape index (κ1) is 11.6. The van der Waals surface area contributed by atoms with E-state index in [0.717, 1.165) is 27.3 Å². The summed E-state index contributed by atoms with van der Waals surface area (Å²) in [4.78, 5) is 0. The third-order valence-corrected chi connectivity index (χ3v) is 3.78. The fourth-order valence-corrected chi connectivity index (χ4v) is 2.77. The number of fused-ring (bicyclic) bond motifs is 6. The number of rotatable bonds is 0. The molecule has 0 aromatic heterocycles. The van der Waals surface area contributed by atoms with Crippen molar-refractivity contribution in [2.24, 2.45) is 0 Å². The Morgan fingerprint density at radius 1 is 0.750 bits per heavy atom. The Morgan fingerprint density at radius 2 is 1.20 bits per heavy atom. The van der Waals surface area contributed by atoms with E-state index in [1.165, 1.54) is 0 Å². The summed E-state index contributed by atoms with van der Waals surface area (Å²) in [5.41, 5.74) is 0. The van der Waals surface area contributed by atoms with E-state index in [1.807, 2.05) is 36.4 Å². The molecular weight excluding hydrogens is 252 g/mol. The Labute approximate surface area is 116 Å². The number of aliphatic hydroxyl groups excluding tert-OH is 1. The molecule has 0 saturated heterocycles. The van der Waals surface area contributed by atoms with E-state index in [0.29, 0.717) is 5.75 Å². The Kier molecular flexibility index (Phi) is 2.38.